The molecular formula is C22H20BrNO5. The standard InChI is InChI=1S/C22H20BrNO5/c23-12-3-1-11(2-4-12)17(25)10-29-18(26)7-8-24-21(27)19-13-5-6-14(16-9-15(13)16)20(19)22(24)28/h1-6,13-16,19-20H,7-10H2/t13-,14-,15-,16+,19+,20+/m0/s1. The maximum atomic E-state index is 12.9. The number of halogens is 1. The lowest BCUT2D eigenvalue weighted by atomic mass is 9.63. The van der Waals surface area contributed by atoms with Gasteiger partial charge in [0, 0.05) is 16.6 Å². The van der Waals surface area contributed by atoms with Gasteiger partial charge in [-0.3, -0.25) is 24.1 Å². The number of benzene rings is 1. The van der Waals surface area contributed by atoms with E-state index in [0.29, 0.717) is 17.4 Å². The highest BCUT2D eigenvalue weighted by Gasteiger charge is 2.66. The van der Waals surface area contributed by atoms with Crippen molar-refractivity contribution in [2.45, 2.75) is 12.8 Å². The number of ether oxygens (including phenoxy) is 1. The SMILES string of the molecule is O=C(CCN1C(=O)[C@@H]2[C@H]3C=C[C@@H]([C@@H]4C[C@H]34)[C@H]2C1=O)OCC(=O)c1ccc(Br)cc1. The molecule has 2 amide bonds. The summed E-state index contributed by atoms with van der Waals surface area (Å²) in [7, 11) is 0. The molecule has 1 aromatic rings. The van der Waals surface area contributed by atoms with Crippen LogP contribution >= 0.6 is 15.9 Å². The lowest BCUT2D eigenvalue weighted by molar-refractivity contribution is -0.145. The van der Waals surface area contributed by atoms with Crippen LogP contribution in [0.2, 0.25) is 0 Å². The van der Waals surface area contributed by atoms with Crippen molar-refractivity contribution in [3.8, 4) is 0 Å². The number of allylic oxidation sites excluding steroid dienone is 2. The van der Waals surface area contributed by atoms with Crippen molar-refractivity contribution in [2.24, 2.45) is 35.5 Å². The predicted octanol–water partition coefficient (Wildman–Crippen LogP) is 2.62. The van der Waals surface area contributed by atoms with Crippen molar-refractivity contribution in [3.05, 3.63) is 46.5 Å². The molecule has 7 heteroatoms. The molecule has 2 saturated carbocycles. The molecule has 5 aliphatic rings. The number of likely N-dealkylation sites (tertiary alicyclic amines) is 1. The second kappa shape index (κ2) is 6.90. The molecule has 3 fully saturated rings. The average Bonchev–Trinajstić information content (AvgIpc) is 3.50. The molecule has 29 heavy (non-hydrogen) atoms. The minimum Gasteiger partial charge on any atom is -0.457 e. The molecule has 6 rings (SSSR count). The molecule has 0 unspecified atom stereocenters. The molecular weight excluding hydrogens is 438 g/mol. The van der Waals surface area contributed by atoms with Crippen molar-refractivity contribution >= 4 is 39.5 Å². The second-order valence-corrected chi connectivity index (χ2v) is 9.24. The van der Waals surface area contributed by atoms with Gasteiger partial charge in [0.15, 0.2) is 12.4 Å². The molecule has 0 aromatic heterocycles. The van der Waals surface area contributed by atoms with Crippen LogP contribution in [0.3, 0.4) is 0 Å². The van der Waals surface area contributed by atoms with Gasteiger partial charge in [-0.2, -0.15) is 0 Å². The molecule has 4 aliphatic carbocycles. The van der Waals surface area contributed by atoms with E-state index < -0.39 is 5.97 Å². The first-order valence-corrected chi connectivity index (χ1v) is 10.7. The monoisotopic (exact) mass is 457 g/mol. The van der Waals surface area contributed by atoms with Crippen LogP contribution in [0, 0.1) is 35.5 Å². The maximum absolute atomic E-state index is 12.9. The summed E-state index contributed by atoms with van der Waals surface area (Å²) in [4.78, 5) is 51.1. The van der Waals surface area contributed by atoms with Crippen molar-refractivity contribution in [1.29, 1.82) is 0 Å². The zero-order valence-corrected chi connectivity index (χ0v) is 17.2. The Balaban J connectivity index is 1.15. The minimum atomic E-state index is -0.588. The van der Waals surface area contributed by atoms with Gasteiger partial charge >= 0.3 is 5.97 Å². The molecule has 1 saturated heterocycles. The van der Waals surface area contributed by atoms with Gasteiger partial charge in [0.25, 0.3) is 0 Å². The Hall–Kier alpha value is -2.28. The summed E-state index contributed by atoms with van der Waals surface area (Å²) >= 11 is 3.30. The number of imide groups is 1. The number of rotatable bonds is 6. The highest BCUT2D eigenvalue weighted by molar-refractivity contribution is 9.10. The number of nitrogens with zero attached hydrogens (tertiary/aromatic N) is 1. The van der Waals surface area contributed by atoms with Crippen molar-refractivity contribution in [3.63, 3.8) is 0 Å². The second-order valence-electron chi connectivity index (χ2n) is 8.32. The van der Waals surface area contributed by atoms with E-state index in [0.717, 1.165) is 10.9 Å². The Morgan fingerprint density at radius 1 is 1.00 bits per heavy atom. The molecule has 0 spiro atoms. The predicted molar refractivity (Wildman–Crippen MR) is 105 cm³/mol. The highest BCUT2D eigenvalue weighted by Crippen LogP contribution is 2.65. The van der Waals surface area contributed by atoms with E-state index in [4.69, 9.17) is 4.74 Å². The summed E-state index contributed by atoms with van der Waals surface area (Å²) in [5.74, 6) is -0.240. The first-order chi connectivity index (χ1) is 14.0. The first kappa shape index (κ1) is 18.7. The summed E-state index contributed by atoms with van der Waals surface area (Å²) in [5, 5.41) is 0. The van der Waals surface area contributed by atoms with Gasteiger partial charge in [-0.1, -0.05) is 40.2 Å². The fourth-order valence-corrected chi connectivity index (χ4v) is 5.64. The Morgan fingerprint density at radius 2 is 1.59 bits per heavy atom. The van der Waals surface area contributed by atoms with Gasteiger partial charge in [0.2, 0.25) is 11.8 Å². The Labute approximate surface area is 176 Å². The highest BCUT2D eigenvalue weighted by atomic mass is 79.9. The van der Waals surface area contributed by atoms with Gasteiger partial charge in [-0.15, -0.1) is 0 Å². The number of esters is 1. The molecule has 0 N–H and O–H groups in total. The lowest BCUT2D eigenvalue weighted by Gasteiger charge is -2.37. The van der Waals surface area contributed by atoms with E-state index in [-0.39, 0.29) is 60.8 Å². The van der Waals surface area contributed by atoms with Gasteiger partial charge < -0.3 is 4.74 Å². The van der Waals surface area contributed by atoms with E-state index in [2.05, 4.69) is 28.1 Å². The van der Waals surface area contributed by atoms with E-state index in [1.807, 2.05) is 0 Å². The molecule has 2 bridgehead atoms. The van der Waals surface area contributed by atoms with Gasteiger partial charge in [-0.05, 0) is 42.2 Å². The van der Waals surface area contributed by atoms with E-state index >= 15 is 0 Å². The van der Waals surface area contributed by atoms with Crippen LogP contribution < -0.4 is 0 Å². The van der Waals surface area contributed by atoms with Gasteiger partial charge in [0.05, 0.1) is 18.3 Å². The average molecular weight is 458 g/mol. The third kappa shape index (κ3) is 3.06. The van der Waals surface area contributed by atoms with Crippen LogP contribution in [-0.2, 0) is 19.1 Å². The lowest BCUT2D eigenvalue weighted by Crippen LogP contribution is -2.40. The van der Waals surface area contributed by atoms with Crippen LogP contribution in [0.5, 0.6) is 0 Å². The van der Waals surface area contributed by atoms with Crippen molar-refractivity contribution in [2.75, 3.05) is 13.2 Å². The zero-order valence-electron chi connectivity index (χ0n) is 15.6. The Kier molecular flexibility index (Phi) is 4.46. The first-order valence-electron chi connectivity index (χ1n) is 9.93. The molecule has 6 nitrogen and oxygen atoms in total. The number of hydrogen-bond donors (Lipinski definition) is 0. The minimum absolute atomic E-state index is 0.0186. The normalized spacial score (nSPS) is 33.5. The summed E-state index contributed by atoms with van der Waals surface area (Å²) in [6.45, 7) is -0.338. The van der Waals surface area contributed by atoms with Crippen LogP contribution in [0.15, 0.2) is 40.9 Å². The largest absolute Gasteiger partial charge is 0.457 e. The summed E-state index contributed by atoms with van der Waals surface area (Å²) in [5.41, 5.74) is 0.455. The number of ketones is 1. The number of carbonyl (C=O) groups is 4. The number of amides is 2. The van der Waals surface area contributed by atoms with Gasteiger partial charge in [-0.25, -0.2) is 0 Å². The molecule has 0 radical (unpaired) electrons. The van der Waals surface area contributed by atoms with Crippen LogP contribution in [0.4, 0.5) is 0 Å². The molecule has 6 atom stereocenters. The van der Waals surface area contributed by atoms with Crippen molar-refractivity contribution < 1.29 is 23.9 Å². The fourth-order valence-electron chi connectivity index (χ4n) is 5.38. The molecule has 1 aliphatic heterocycles. The molecule has 150 valence electrons. The smallest absolute Gasteiger partial charge is 0.308 e. The van der Waals surface area contributed by atoms with Crippen LogP contribution in [0.1, 0.15) is 23.2 Å². The van der Waals surface area contributed by atoms with E-state index in [1.54, 1.807) is 24.3 Å². The summed E-state index contributed by atoms with van der Waals surface area (Å²) in [6, 6.07) is 6.78. The quantitative estimate of drug-likeness (QED) is 0.284. The van der Waals surface area contributed by atoms with Crippen LogP contribution in [-0.4, -0.2) is 41.6 Å². The van der Waals surface area contributed by atoms with Crippen molar-refractivity contribution in [1.82, 2.24) is 4.90 Å². The van der Waals surface area contributed by atoms with Gasteiger partial charge in [0.1, 0.15) is 0 Å². The van der Waals surface area contributed by atoms with E-state index in [9.17, 15) is 19.2 Å². The maximum Gasteiger partial charge on any atom is 0.308 e. The number of Topliss-reactive ketones (excluding diaryl/α,β-unsaturated/α-hetero) is 1. The summed E-state index contributed by atoms with van der Waals surface area (Å²) in [6.07, 6.45) is 5.27. The summed E-state index contributed by atoms with van der Waals surface area (Å²) < 4.78 is 5.91. The molecule has 1 heterocycles. The van der Waals surface area contributed by atoms with Crippen LogP contribution in [0.25, 0.3) is 0 Å². The third-order valence-corrected chi connectivity index (χ3v) is 7.35. The topological polar surface area (TPSA) is 80.8 Å². The Morgan fingerprint density at radius 3 is 2.17 bits per heavy atom. The Bertz CT molecular complexity index is 903. The number of carbonyl (C=O) groups excluding carboxylic acids is 4. The third-order valence-electron chi connectivity index (χ3n) is 6.82. The number of hydrogen-bond acceptors (Lipinski definition) is 5. The molecule has 1 aromatic carbocycles. The van der Waals surface area contributed by atoms with E-state index in [1.165, 1.54) is 4.90 Å². The zero-order chi connectivity index (χ0) is 20.3. The fraction of sp³-hybridized carbons (Fsp3) is 0.455.